The number of nitrogens with zero attached hydrogens (tertiary/aromatic N) is 4. The van der Waals surface area contributed by atoms with Crippen LogP contribution in [0.1, 0.15) is 30.0 Å². The van der Waals surface area contributed by atoms with Gasteiger partial charge in [-0.2, -0.15) is 5.10 Å². The van der Waals surface area contributed by atoms with E-state index in [0.717, 1.165) is 34.7 Å². The van der Waals surface area contributed by atoms with Crippen molar-refractivity contribution in [1.29, 1.82) is 0 Å². The molecule has 0 bridgehead atoms. The van der Waals surface area contributed by atoms with Crippen LogP contribution in [0.3, 0.4) is 0 Å². The molecule has 104 valence electrons. The van der Waals surface area contributed by atoms with Gasteiger partial charge in [0.05, 0.1) is 11.7 Å². The highest BCUT2D eigenvalue weighted by molar-refractivity contribution is 5.78. The Morgan fingerprint density at radius 2 is 2.25 bits per heavy atom. The monoisotopic (exact) mass is 270 g/mol. The van der Waals surface area contributed by atoms with Crippen LogP contribution in [0.5, 0.6) is 0 Å². The van der Waals surface area contributed by atoms with Gasteiger partial charge < -0.3 is 10.3 Å². The minimum absolute atomic E-state index is 0.177. The number of H-pyrrole nitrogens is 1. The predicted molar refractivity (Wildman–Crippen MR) is 77.1 cm³/mol. The molecule has 0 aliphatic carbocycles. The molecule has 0 aliphatic heterocycles. The van der Waals surface area contributed by atoms with Crippen molar-refractivity contribution in [1.82, 2.24) is 30.0 Å². The van der Waals surface area contributed by atoms with Crippen LogP contribution in [0.25, 0.3) is 11.0 Å². The highest BCUT2D eigenvalue weighted by Gasteiger charge is 2.09. The summed E-state index contributed by atoms with van der Waals surface area (Å²) in [5, 5.41) is 8.93. The van der Waals surface area contributed by atoms with E-state index < -0.39 is 0 Å². The molecule has 1 unspecified atom stereocenters. The zero-order chi connectivity index (χ0) is 14.1. The molecule has 3 aromatic heterocycles. The van der Waals surface area contributed by atoms with E-state index in [1.807, 2.05) is 31.0 Å². The summed E-state index contributed by atoms with van der Waals surface area (Å²) in [6.45, 7) is 4.84. The number of rotatable bonds is 4. The molecule has 3 aromatic rings. The first kappa shape index (κ1) is 12.8. The molecular weight excluding hydrogens is 252 g/mol. The zero-order valence-electron chi connectivity index (χ0n) is 11.9. The van der Waals surface area contributed by atoms with Gasteiger partial charge in [-0.05, 0) is 25.5 Å². The largest absolute Gasteiger partial charge is 0.347 e. The van der Waals surface area contributed by atoms with Crippen LogP contribution in [0.4, 0.5) is 0 Å². The fourth-order valence-corrected chi connectivity index (χ4v) is 2.33. The Kier molecular flexibility index (Phi) is 3.23. The molecule has 0 aliphatic rings. The maximum absolute atomic E-state index is 4.48. The van der Waals surface area contributed by atoms with Gasteiger partial charge in [-0.1, -0.05) is 0 Å². The van der Waals surface area contributed by atoms with Gasteiger partial charge in [0.15, 0.2) is 5.65 Å². The molecule has 6 nitrogen and oxygen atoms in total. The van der Waals surface area contributed by atoms with Gasteiger partial charge in [0.1, 0.15) is 5.82 Å². The van der Waals surface area contributed by atoms with E-state index in [9.17, 15) is 0 Å². The molecule has 0 saturated heterocycles. The molecular formula is C14H18N6. The molecule has 1 atom stereocenters. The number of hydrogen-bond donors (Lipinski definition) is 2. The molecule has 0 spiro atoms. The smallest absolute Gasteiger partial charge is 0.157 e. The standard InChI is InChI=1S/C14H18N6/c1-9-12-6-11(8-18-14(12)20(3)19-9)7-17-10(2)13-15-4-5-16-13/h4-6,8,10,17H,7H2,1-3H3,(H,15,16). The maximum Gasteiger partial charge on any atom is 0.157 e. The predicted octanol–water partition coefficient (Wildman–Crippen LogP) is 1.85. The van der Waals surface area contributed by atoms with E-state index in [2.05, 4.69) is 38.4 Å². The van der Waals surface area contributed by atoms with Crippen LogP contribution in [-0.2, 0) is 13.6 Å². The minimum atomic E-state index is 0.177. The number of fused-ring (bicyclic) bond motifs is 1. The Morgan fingerprint density at radius 3 is 3.00 bits per heavy atom. The summed E-state index contributed by atoms with van der Waals surface area (Å²) in [4.78, 5) is 11.8. The normalized spacial score (nSPS) is 12.9. The number of aromatic nitrogens is 5. The number of aryl methyl sites for hydroxylation is 2. The second-order valence-electron chi connectivity index (χ2n) is 5.00. The Hall–Kier alpha value is -2.21. The topological polar surface area (TPSA) is 71.4 Å². The molecule has 6 heteroatoms. The molecule has 3 rings (SSSR count). The fraction of sp³-hybridized carbons (Fsp3) is 0.357. The van der Waals surface area contributed by atoms with Crippen molar-refractivity contribution in [3.63, 3.8) is 0 Å². The first-order valence-electron chi connectivity index (χ1n) is 6.66. The Morgan fingerprint density at radius 1 is 1.40 bits per heavy atom. The quantitative estimate of drug-likeness (QED) is 0.759. The molecule has 3 heterocycles. The molecule has 0 aromatic carbocycles. The lowest BCUT2D eigenvalue weighted by molar-refractivity contribution is 0.550. The SMILES string of the molecule is Cc1nn(C)c2ncc(CNC(C)c3ncc[nH]3)cc12. The van der Waals surface area contributed by atoms with Crippen molar-refractivity contribution in [2.24, 2.45) is 7.05 Å². The molecule has 0 saturated carbocycles. The Labute approximate surface area is 117 Å². The minimum Gasteiger partial charge on any atom is -0.347 e. The van der Waals surface area contributed by atoms with Crippen LogP contribution in [-0.4, -0.2) is 24.7 Å². The third-order valence-corrected chi connectivity index (χ3v) is 3.46. The summed E-state index contributed by atoms with van der Waals surface area (Å²) in [7, 11) is 1.92. The number of hydrogen-bond acceptors (Lipinski definition) is 4. The van der Waals surface area contributed by atoms with Gasteiger partial charge in [0.25, 0.3) is 0 Å². The average molecular weight is 270 g/mol. The van der Waals surface area contributed by atoms with E-state index >= 15 is 0 Å². The Bertz CT molecular complexity index is 713. The average Bonchev–Trinajstić information content (AvgIpc) is 3.06. The van der Waals surface area contributed by atoms with Crippen LogP contribution < -0.4 is 5.32 Å². The second kappa shape index (κ2) is 5.05. The molecule has 0 radical (unpaired) electrons. The van der Waals surface area contributed by atoms with Crippen LogP contribution >= 0.6 is 0 Å². The van der Waals surface area contributed by atoms with Crippen LogP contribution in [0.15, 0.2) is 24.7 Å². The third-order valence-electron chi connectivity index (χ3n) is 3.46. The van der Waals surface area contributed by atoms with E-state index in [1.165, 1.54) is 0 Å². The van der Waals surface area contributed by atoms with Gasteiger partial charge in [-0.3, -0.25) is 4.68 Å². The lowest BCUT2D eigenvalue weighted by Crippen LogP contribution is -2.19. The van der Waals surface area contributed by atoms with Gasteiger partial charge in [0, 0.05) is 37.6 Å². The summed E-state index contributed by atoms with van der Waals surface area (Å²) in [6, 6.07) is 2.32. The molecule has 0 fully saturated rings. The fourth-order valence-electron chi connectivity index (χ4n) is 2.33. The lowest BCUT2D eigenvalue weighted by Gasteiger charge is -2.11. The van der Waals surface area contributed by atoms with E-state index in [1.54, 1.807) is 6.20 Å². The summed E-state index contributed by atoms with van der Waals surface area (Å²) >= 11 is 0. The summed E-state index contributed by atoms with van der Waals surface area (Å²) in [6.07, 6.45) is 5.49. The third kappa shape index (κ3) is 2.30. The number of nitrogens with one attached hydrogen (secondary N) is 2. The number of aromatic amines is 1. The maximum atomic E-state index is 4.48. The van der Waals surface area contributed by atoms with Crippen molar-refractivity contribution in [2.75, 3.05) is 0 Å². The van der Waals surface area contributed by atoms with Crippen LogP contribution in [0, 0.1) is 6.92 Å². The summed E-state index contributed by atoms with van der Waals surface area (Å²) in [5.41, 5.74) is 3.08. The zero-order valence-corrected chi connectivity index (χ0v) is 11.9. The Balaban J connectivity index is 1.76. The van der Waals surface area contributed by atoms with Crippen molar-refractivity contribution >= 4 is 11.0 Å². The van der Waals surface area contributed by atoms with Crippen LogP contribution in [0.2, 0.25) is 0 Å². The van der Waals surface area contributed by atoms with E-state index in [0.29, 0.717) is 0 Å². The lowest BCUT2D eigenvalue weighted by atomic mass is 10.2. The van der Waals surface area contributed by atoms with Gasteiger partial charge >= 0.3 is 0 Å². The highest BCUT2D eigenvalue weighted by Crippen LogP contribution is 2.17. The number of pyridine rings is 1. The molecule has 0 amide bonds. The van der Waals surface area contributed by atoms with Gasteiger partial charge in [0.2, 0.25) is 0 Å². The summed E-state index contributed by atoms with van der Waals surface area (Å²) in [5.74, 6) is 0.941. The molecule has 2 N–H and O–H groups in total. The second-order valence-corrected chi connectivity index (χ2v) is 5.00. The van der Waals surface area contributed by atoms with Crippen molar-refractivity contribution in [3.8, 4) is 0 Å². The van der Waals surface area contributed by atoms with Crippen molar-refractivity contribution < 1.29 is 0 Å². The highest BCUT2D eigenvalue weighted by atomic mass is 15.3. The summed E-state index contributed by atoms with van der Waals surface area (Å²) < 4.78 is 1.81. The van der Waals surface area contributed by atoms with Gasteiger partial charge in [-0.25, -0.2) is 9.97 Å². The van der Waals surface area contributed by atoms with E-state index in [-0.39, 0.29) is 6.04 Å². The van der Waals surface area contributed by atoms with Gasteiger partial charge in [-0.15, -0.1) is 0 Å². The van der Waals surface area contributed by atoms with Crippen molar-refractivity contribution in [3.05, 3.63) is 41.7 Å². The first-order valence-corrected chi connectivity index (χ1v) is 6.66. The van der Waals surface area contributed by atoms with E-state index in [4.69, 9.17) is 0 Å². The van der Waals surface area contributed by atoms with Crippen molar-refractivity contribution in [2.45, 2.75) is 26.4 Å². The molecule has 20 heavy (non-hydrogen) atoms. The first-order chi connectivity index (χ1) is 9.65. The number of imidazole rings is 1.